The number of hydrogen-bond acceptors (Lipinski definition) is 1. The third-order valence-corrected chi connectivity index (χ3v) is 3.06. The summed E-state index contributed by atoms with van der Waals surface area (Å²) in [6, 6.07) is 0. The van der Waals surface area contributed by atoms with Crippen molar-refractivity contribution < 1.29 is 4.74 Å². The Morgan fingerprint density at radius 2 is 1.71 bits per heavy atom. The van der Waals surface area contributed by atoms with Gasteiger partial charge in [0.15, 0.2) is 0 Å². The van der Waals surface area contributed by atoms with Gasteiger partial charge >= 0.3 is 0 Å². The lowest BCUT2D eigenvalue weighted by Gasteiger charge is -2.33. The van der Waals surface area contributed by atoms with E-state index in [0.29, 0.717) is 6.10 Å². The molecule has 14 heavy (non-hydrogen) atoms. The summed E-state index contributed by atoms with van der Waals surface area (Å²) in [6.07, 6.45) is 8.75. The van der Waals surface area contributed by atoms with Crippen LogP contribution in [0.2, 0.25) is 0 Å². The largest absolute Gasteiger partial charge is 0.373 e. The van der Waals surface area contributed by atoms with E-state index in [2.05, 4.69) is 27.7 Å². The van der Waals surface area contributed by atoms with Crippen LogP contribution in [-0.4, -0.2) is 11.7 Å². The fourth-order valence-electron chi connectivity index (χ4n) is 2.77. The first-order valence-corrected chi connectivity index (χ1v) is 6.17. The SMILES string of the molecule is CC(C)OC(C)(C)CC1CCCCC1. The van der Waals surface area contributed by atoms with Crippen molar-refractivity contribution in [1.29, 1.82) is 0 Å². The Bertz CT molecular complexity index is 155. The van der Waals surface area contributed by atoms with Gasteiger partial charge in [0.1, 0.15) is 0 Å². The molecule has 1 saturated carbocycles. The summed E-state index contributed by atoms with van der Waals surface area (Å²) in [5.74, 6) is 0.914. The second-order valence-corrected chi connectivity index (χ2v) is 5.63. The Hall–Kier alpha value is -0.0400. The van der Waals surface area contributed by atoms with E-state index in [1.54, 1.807) is 0 Å². The van der Waals surface area contributed by atoms with Crippen LogP contribution in [0.5, 0.6) is 0 Å². The fraction of sp³-hybridized carbons (Fsp3) is 1.00. The lowest BCUT2D eigenvalue weighted by atomic mass is 9.82. The van der Waals surface area contributed by atoms with Crippen molar-refractivity contribution in [3.05, 3.63) is 0 Å². The van der Waals surface area contributed by atoms with Crippen LogP contribution in [0.4, 0.5) is 0 Å². The van der Waals surface area contributed by atoms with Gasteiger partial charge in [-0.15, -0.1) is 0 Å². The molecule has 0 aromatic carbocycles. The molecule has 0 aromatic rings. The quantitative estimate of drug-likeness (QED) is 0.659. The van der Waals surface area contributed by atoms with Crippen molar-refractivity contribution in [3.63, 3.8) is 0 Å². The standard InChI is InChI=1S/C13H26O/c1-11(2)14-13(3,4)10-12-8-6-5-7-9-12/h11-12H,5-10H2,1-4H3. The number of rotatable bonds is 4. The summed E-state index contributed by atoms with van der Waals surface area (Å²) in [6.45, 7) is 8.73. The highest BCUT2D eigenvalue weighted by molar-refractivity contribution is 4.77. The first-order chi connectivity index (χ1) is 6.49. The molecule has 1 heteroatoms. The van der Waals surface area contributed by atoms with Crippen molar-refractivity contribution in [2.24, 2.45) is 5.92 Å². The van der Waals surface area contributed by atoms with E-state index >= 15 is 0 Å². The molecule has 0 amide bonds. The third-order valence-electron chi connectivity index (χ3n) is 3.06. The maximum Gasteiger partial charge on any atom is 0.0632 e. The topological polar surface area (TPSA) is 9.23 Å². The van der Waals surface area contributed by atoms with Crippen LogP contribution in [0.25, 0.3) is 0 Å². The van der Waals surface area contributed by atoms with Gasteiger partial charge in [-0.25, -0.2) is 0 Å². The van der Waals surface area contributed by atoms with E-state index in [1.165, 1.54) is 38.5 Å². The first kappa shape index (κ1) is 12.0. The van der Waals surface area contributed by atoms with Crippen molar-refractivity contribution in [1.82, 2.24) is 0 Å². The molecule has 1 rings (SSSR count). The monoisotopic (exact) mass is 198 g/mol. The zero-order valence-electron chi connectivity index (χ0n) is 10.3. The predicted molar refractivity (Wildman–Crippen MR) is 61.5 cm³/mol. The Labute approximate surface area is 89.2 Å². The van der Waals surface area contributed by atoms with Gasteiger partial charge in [-0.3, -0.25) is 0 Å². The molecule has 0 radical (unpaired) electrons. The summed E-state index contributed by atoms with van der Waals surface area (Å²) in [5, 5.41) is 0. The van der Waals surface area contributed by atoms with E-state index < -0.39 is 0 Å². The molecule has 1 nitrogen and oxygen atoms in total. The molecular formula is C13H26O. The molecule has 0 aromatic heterocycles. The summed E-state index contributed by atoms with van der Waals surface area (Å²) >= 11 is 0. The number of hydrogen-bond donors (Lipinski definition) is 0. The molecule has 1 fully saturated rings. The first-order valence-electron chi connectivity index (χ1n) is 6.17. The highest BCUT2D eigenvalue weighted by Crippen LogP contribution is 2.32. The molecule has 0 bridgehead atoms. The van der Waals surface area contributed by atoms with Crippen LogP contribution >= 0.6 is 0 Å². The molecular weight excluding hydrogens is 172 g/mol. The van der Waals surface area contributed by atoms with E-state index in [0.717, 1.165) is 5.92 Å². The summed E-state index contributed by atoms with van der Waals surface area (Å²) in [4.78, 5) is 0. The van der Waals surface area contributed by atoms with Crippen molar-refractivity contribution in [2.45, 2.75) is 77.9 Å². The molecule has 0 N–H and O–H groups in total. The average Bonchev–Trinajstić information content (AvgIpc) is 2.02. The zero-order valence-corrected chi connectivity index (χ0v) is 10.3. The summed E-state index contributed by atoms with van der Waals surface area (Å²) in [5.41, 5.74) is 0.0795. The van der Waals surface area contributed by atoms with Crippen molar-refractivity contribution >= 4 is 0 Å². The van der Waals surface area contributed by atoms with E-state index in [-0.39, 0.29) is 5.60 Å². The van der Waals surface area contributed by atoms with Gasteiger partial charge in [0, 0.05) is 0 Å². The van der Waals surface area contributed by atoms with Gasteiger partial charge in [0.2, 0.25) is 0 Å². The number of ether oxygens (including phenoxy) is 1. The highest BCUT2D eigenvalue weighted by atomic mass is 16.5. The van der Waals surface area contributed by atoms with Gasteiger partial charge in [0.05, 0.1) is 11.7 Å². The van der Waals surface area contributed by atoms with Gasteiger partial charge in [-0.05, 0) is 40.0 Å². The van der Waals surface area contributed by atoms with Crippen molar-refractivity contribution in [3.8, 4) is 0 Å². The minimum Gasteiger partial charge on any atom is -0.373 e. The van der Waals surface area contributed by atoms with Crippen LogP contribution in [0, 0.1) is 5.92 Å². The fourth-order valence-corrected chi connectivity index (χ4v) is 2.77. The lowest BCUT2D eigenvalue weighted by molar-refractivity contribution is -0.0712. The highest BCUT2D eigenvalue weighted by Gasteiger charge is 2.25. The molecule has 0 heterocycles. The molecule has 0 unspecified atom stereocenters. The minimum atomic E-state index is 0.0795. The maximum atomic E-state index is 5.94. The minimum absolute atomic E-state index is 0.0795. The molecule has 0 atom stereocenters. The summed E-state index contributed by atoms with van der Waals surface area (Å²) in [7, 11) is 0. The van der Waals surface area contributed by atoms with E-state index in [9.17, 15) is 0 Å². The van der Waals surface area contributed by atoms with E-state index in [4.69, 9.17) is 4.74 Å². The Morgan fingerprint density at radius 3 is 2.21 bits per heavy atom. The third kappa shape index (κ3) is 4.45. The van der Waals surface area contributed by atoms with E-state index in [1.807, 2.05) is 0 Å². The molecule has 1 aliphatic carbocycles. The normalized spacial score (nSPS) is 20.4. The van der Waals surface area contributed by atoms with Gasteiger partial charge in [-0.2, -0.15) is 0 Å². The Morgan fingerprint density at radius 1 is 1.14 bits per heavy atom. The maximum absolute atomic E-state index is 5.94. The van der Waals surface area contributed by atoms with Crippen LogP contribution in [-0.2, 0) is 4.74 Å². The molecule has 1 aliphatic rings. The molecule has 84 valence electrons. The van der Waals surface area contributed by atoms with Crippen LogP contribution in [0.3, 0.4) is 0 Å². The smallest absolute Gasteiger partial charge is 0.0632 e. The molecule has 0 spiro atoms. The van der Waals surface area contributed by atoms with Crippen LogP contribution in [0.1, 0.15) is 66.2 Å². The predicted octanol–water partition coefficient (Wildman–Crippen LogP) is 4.16. The molecule has 0 aliphatic heterocycles. The van der Waals surface area contributed by atoms with Gasteiger partial charge in [-0.1, -0.05) is 32.1 Å². The Balaban J connectivity index is 2.32. The summed E-state index contributed by atoms with van der Waals surface area (Å²) < 4.78 is 5.94. The van der Waals surface area contributed by atoms with Gasteiger partial charge < -0.3 is 4.74 Å². The average molecular weight is 198 g/mol. The zero-order chi connectivity index (χ0) is 10.6. The van der Waals surface area contributed by atoms with Crippen LogP contribution < -0.4 is 0 Å². The van der Waals surface area contributed by atoms with Crippen molar-refractivity contribution in [2.75, 3.05) is 0 Å². The second kappa shape index (κ2) is 5.16. The second-order valence-electron chi connectivity index (χ2n) is 5.63. The van der Waals surface area contributed by atoms with Crippen LogP contribution in [0.15, 0.2) is 0 Å². The van der Waals surface area contributed by atoms with Gasteiger partial charge in [0.25, 0.3) is 0 Å². The molecule has 0 saturated heterocycles. The lowest BCUT2D eigenvalue weighted by Crippen LogP contribution is -2.31. The Kier molecular flexibility index (Phi) is 4.43.